The Labute approximate surface area is 213 Å². The summed E-state index contributed by atoms with van der Waals surface area (Å²) in [5.41, 5.74) is 2.38. The van der Waals surface area contributed by atoms with Crippen molar-refractivity contribution in [2.24, 2.45) is 5.41 Å². The minimum Gasteiger partial charge on any atom is -0.491 e. The van der Waals surface area contributed by atoms with Gasteiger partial charge in [-0.25, -0.2) is 8.78 Å². The first-order valence-corrected chi connectivity index (χ1v) is 11.8. The molecule has 0 aliphatic carbocycles. The summed E-state index contributed by atoms with van der Waals surface area (Å²) in [7, 11) is 3.99. The third-order valence-corrected chi connectivity index (χ3v) is 6.29. The molecule has 35 heavy (non-hydrogen) atoms. The molecule has 0 saturated carbocycles. The average molecular weight is 522 g/mol. The van der Waals surface area contributed by atoms with E-state index in [0.29, 0.717) is 47.7 Å². The second-order valence-electron chi connectivity index (χ2n) is 9.20. The lowest BCUT2D eigenvalue weighted by molar-refractivity contribution is -0.139. The number of nitrogens with zero attached hydrogens (tertiary/aromatic N) is 1. The van der Waals surface area contributed by atoms with Crippen molar-refractivity contribution in [3.8, 4) is 5.75 Å². The molecule has 0 unspecified atom stereocenters. The van der Waals surface area contributed by atoms with E-state index < -0.39 is 11.6 Å². The predicted octanol–water partition coefficient (Wildman–Crippen LogP) is 7.02. The summed E-state index contributed by atoms with van der Waals surface area (Å²) in [5.74, 6) is -0.583. The number of halogens is 4. The molecule has 1 aliphatic rings. The smallest absolute Gasteiger partial charge is 0.148 e. The van der Waals surface area contributed by atoms with E-state index in [2.05, 4.69) is 15.5 Å². The predicted molar refractivity (Wildman–Crippen MR) is 138 cm³/mol. The van der Waals surface area contributed by atoms with E-state index in [1.807, 2.05) is 27.1 Å². The van der Waals surface area contributed by atoms with Crippen molar-refractivity contribution >= 4 is 46.0 Å². The molecule has 0 aromatic heterocycles. The fourth-order valence-electron chi connectivity index (χ4n) is 3.98. The van der Waals surface area contributed by atoms with Crippen LogP contribution in [-0.2, 0) is 4.74 Å². The fraction of sp³-hybridized carbons (Fsp3) is 0.308. The zero-order valence-corrected chi connectivity index (χ0v) is 21.2. The van der Waals surface area contributed by atoms with Gasteiger partial charge in [-0.15, -0.1) is 0 Å². The van der Waals surface area contributed by atoms with E-state index in [9.17, 15) is 4.39 Å². The Morgan fingerprint density at radius 1 is 0.914 bits per heavy atom. The highest BCUT2D eigenvalue weighted by molar-refractivity contribution is 6.33. The summed E-state index contributed by atoms with van der Waals surface area (Å²) in [6.45, 7) is 4.22. The van der Waals surface area contributed by atoms with Crippen LogP contribution in [0.25, 0.3) is 0 Å². The third kappa shape index (κ3) is 6.16. The van der Waals surface area contributed by atoms with E-state index >= 15 is 4.39 Å². The molecule has 0 bridgehead atoms. The molecule has 1 heterocycles. The quantitative estimate of drug-likeness (QED) is 0.316. The first-order valence-electron chi connectivity index (χ1n) is 11.1. The Bertz CT molecular complexity index is 1220. The second kappa shape index (κ2) is 10.6. The number of aryl methyl sites for hydroxylation is 1. The molecular formula is C26H27Cl2F2N3O2. The van der Waals surface area contributed by atoms with Gasteiger partial charge in [-0.3, -0.25) is 0 Å². The Hall–Kier alpha value is -2.58. The molecule has 0 radical (unpaired) electrons. The maximum atomic E-state index is 15.2. The monoisotopic (exact) mass is 521 g/mol. The van der Waals surface area contributed by atoms with Gasteiger partial charge >= 0.3 is 0 Å². The molecule has 1 saturated heterocycles. The summed E-state index contributed by atoms with van der Waals surface area (Å²) < 4.78 is 40.4. The highest BCUT2D eigenvalue weighted by atomic mass is 35.5. The summed E-state index contributed by atoms with van der Waals surface area (Å²) >= 11 is 12.5. The number of ether oxygens (including phenoxy) is 2. The van der Waals surface area contributed by atoms with Gasteiger partial charge in [-0.2, -0.15) is 0 Å². The van der Waals surface area contributed by atoms with Gasteiger partial charge in [0.1, 0.15) is 17.4 Å². The van der Waals surface area contributed by atoms with Gasteiger partial charge in [0.25, 0.3) is 0 Å². The van der Waals surface area contributed by atoms with Crippen molar-refractivity contribution in [3.05, 3.63) is 75.8 Å². The molecule has 9 heteroatoms. The highest BCUT2D eigenvalue weighted by Gasteiger charge is 2.40. The summed E-state index contributed by atoms with van der Waals surface area (Å²) in [4.78, 5) is 2.08. The Morgan fingerprint density at radius 2 is 1.57 bits per heavy atom. The Morgan fingerprint density at radius 3 is 2.17 bits per heavy atom. The zero-order chi connectivity index (χ0) is 25.2. The van der Waals surface area contributed by atoms with Crippen LogP contribution in [-0.4, -0.2) is 45.4 Å². The second-order valence-corrected chi connectivity index (χ2v) is 10.0. The number of rotatable bonds is 9. The van der Waals surface area contributed by atoms with Gasteiger partial charge in [0.15, 0.2) is 0 Å². The molecule has 5 nitrogen and oxygen atoms in total. The van der Waals surface area contributed by atoms with Gasteiger partial charge in [-0.05, 0) is 56.9 Å². The van der Waals surface area contributed by atoms with Crippen LogP contribution in [0.2, 0.25) is 10.0 Å². The normalized spacial score (nSPS) is 14.5. The largest absolute Gasteiger partial charge is 0.491 e. The molecular weight excluding hydrogens is 495 g/mol. The van der Waals surface area contributed by atoms with Crippen molar-refractivity contribution in [2.45, 2.75) is 6.92 Å². The highest BCUT2D eigenvalue weighted by Crippen LogP contribution is 2.39. The maximum absolute atomic E-state index is 15.2. The van der Waals surface area contributed by atoms with Crippen molar-refractivity contribution in [3.63, 3.8) is 0 Å². The lowest BCUT2D eigenvalue weighted by Gasteiger charge is -2.42. The minimum absolute atomic E-state index is 0.168. The molecule has 2 N–H and O–H groups in total. The molecule has 4 rings (SSSR count). The van der Waals surface area contributed by atoms with E-state index in [1.165, 1.54) is 24.3 Å². The van der Waals surface area contributed by atoms with Gasteiger partial charge in [-0.1, -0.05) is 29.3 Å². The average Bonchev–Trinajstić information content (AvgIpc) is 2.75. The minimum atomic E-state index is -0.523. The van der Waals surface area contributed by atoms with E-state index in [0.717, 1.165) is 12.1 Å². The van der Waals surface area contributed by atoms with Crippen LogP contribution in [0.4, 0.5) is 31.5 Å². The molecule has 186 valence electrons. The fourth-order valence-corrected chi connectivity index (χ4v) is 4.48. The molecule has 3 aromatic carbocycles. The standard InChI is InChI=1S/C26H27Cl2F2N3O2/c1-16-4-6-21(18(27)8-16)31-23-11-25(35-15-26(12-33(2)3)13-34-14-26)24(10-20(23)30)32-22-7-5-17(29)9-19(22)28/h4-11,31-32H,12-15H2,1-3H3. The zero-order valence-electron chi connectivity index (χ0n) is 19.7. The van der Waals surface area contributed by atoms with Crippen molar-refractivity contribution in [1.82, 2.24) is 4.90 Å². The van der Waals surface area contributed by atoms with Crippen LogP contribution in [0.3, 0.4) is 0 Å². The molecule has 3 aromatic rings. The van der Waals surface area contributed by atoms with Crippen LogP contribution in [0.1, 0.15) is 5.56 Å². The first-order chi connectivity index (χ1) is 16.6. The SMILES string of the molecule is Cc1ccc(Nc2cc(OCC3(CN(C)C)COC3)c(Nc3ccc(F)cc3Cl)cc2F)c(Cl)c1. The Balaban J connectivity index is 1.66. The van der Waals surface area contributed by atoms with Crippen molar-refractivity contribution in [2.75, 3.05) is 51.1 Å². The van der Waals surface area contributed by atoms with Gasteiger partial charge < -0.3 is 25.0 Å². The van der Waals surface area contributed by atoms with Crippen LogP contribution in [0.5, 0.6) is 5.75 Å². The van der Waals surface area contributed by atoms with Gasteiger partial charge in [0, 0.05) is 18.7 Å². The number of nitrogens with one attached hydrogen (secondary N) is 2. The molecule has 0 amide bonds. The number of anilines is 4. The molecule has 0 atom stereocenters. The van der Waals surface area contributed by atoms with E-state index in [-0.39, 0.29) is 16.1 Å². The number of hydrogen-bond donors (Lipinski definition) is 2. The Kier molecular flexibility index (Phi) is 7.71. The lowest BCUT2D eigenvalue weighted by atomic mass is 9.86. The first kappa shape index (κ1) is 25.5. The lowest BCUT2D eigenvalue weighted by Crippen LogP contribution is -2.53. The van der Waals surface area contributed by atoms with Gasteiger partial charge in [0.05, 0.1) is 58.0 Å². The van der Waals surface area contributed by atoms with Crippen LogP contribution in [0, 0.1) is 24.0 Å². The molecule has 1 aliphatic heterocycles. The number of hydrogen-bond acceptors (Lipinski definition) is 5. The topological polar surface area (TPSA) is 45.8 Å². The van der Waals surface area contributed by atoms with E-state index in [4.69, 9.17) is 32.7 Å². The molecule has 0 spiro atoms. The third-order valence-electron chi connectivity index (χ3n) is 5.67. The van der Waals surface area contributed by atoms with Crippen LogP contribution < -0.4 is 15.4 Å². The number of benzene rings is 3. The van der Waals surface area contributed by atoms with Crippen molar-refractivity contribution < 1.29 is 18.3 Å². The van der Waals surface area contributed by atoms with Crippen molar-refractivity contribution in [1.29, 1.82) is 0 Å². The molecule has 1 fully saturated rings. The van der Waals surface area contributed by atoms with E-state index in [1.54, 1.807) is 18.2 Å². The summed E-state index contributed by atoms with van der Waals surface area (Å²) in [6.07, 6.45) is 0. The summed E-state index contributed by atoms with van der Waals surface area (Å²) in [5, 5.41) is 6.77. The maximum Gasteiger partial charge on any atom is 0.148 e. The van der Waals surface area contributed by atoms with Crippen LogP contribution >= 0.6 is 23.2 Å². The summed E-state index contributed by atoms with van der Waals surface area (Å²) in [6, 6.07) is 12.3. The van der Waals surface area contributed by atoms with Crippen LogP contribution in [0.15, 0.2) is 48.5 Å². The van der Waals surface area contributed by atoms with Gasteiger partial charge in [0.2, 0.25) is 0 Å².